The molecular formula is C22H21BrF2N6O. The highest BCUT2D eigenvalue weighted by atomic mass is 79.9. The van der Waals surface area contributed by atoms with E-state index in [4.69, 9.17) is 0 Å². The summed E-state index contributed by atoms with van der Waals surface area (Å²) in [7, 11) is 0. The van der Waals surface area contributed by atoms with Gasteiger partial charge in [0.2, 0.25) is 0 Å². The Bertz CT molecular complexity index is 1180. The second-order valence-corrected chi connectivity index (χ2v) is 8.42. The highest BCUT2D eigenvalue weighted by Gasteiger charge is 2.40. The molecule has 2 aromatic carbocycles. The first-order valence-electron chi connectivity index (χ1n) is 9.88. The van der Waals surface area contributed by atoms with Gasteiger partial charge in [0.1, 0.15) is 29.9 Å². The largest absolute Gasteiger partial charge is 0.381 e. The van der Waals surface area contributed by atoms with E-state index in [-0.39, 0.29) is 12.1 Å². The minimum Gasteiger partial charge on any atom is -0.381 e. The number of aromatic nitrogens is 5. The molecule has 0 aliphatic heterocycles. The monoisotopic (exact) mass is 502 g/mol. The highest BCUT2D eigenvalue weighted by molar-refractivity contribution is 9.10. The molecule has 4 rings (SSSR count). The number of hydrogen-bond acceptors (Lipinski definition) is 5. The zero-order valence-electron chi connectivity index (χ0n) is 17.2. The Kier molecular flexibility index (Phi) is 6.33. The van der Waals surface area contributed by atoms with Gasteiger partial charge in [-0.2, -0.15) is 10.2 Å². The van der Waals surface area contributed by atoms with Crippen LogP contribution in [0.4, 0.5) is 14.5 Å². The van der Waals surface area contributed by atoms with E-state index in [0.717, 1.165) is 27.9 Å². The Morgan fingerprint density at radius 3 is 2.62 bits per heavy atom. The van der Waals surface area contributed by atoms with E-state index in [2.05, 4.69) is 36.4 Å². The summed E-state index contributed by atoms with van der Waals surface area (Å²) in [5.74, 6) is -1.56. The number of halogens is 3. The van der Waals surface area contributed by atoms with Crippen molar-refractivity contribution >= 4 is 21.6 Å². The lowest BCUT2D eigenvalue weighted by Crippen LogP contribution is -2.40. The van der Waals surface area contributed by atoms with Gasteiger partial charge in [-0.05, 0) is 37.3 Å². The minimum absolute atomic E-state index is 0.0491. The molecule has 2 N–H and O–H groups in total. The second kappa shape index (κ2) is 9.17. The predicted molar refractivity (Wildman–Crippen MR) is 119 cm³/mol. The Morgan fingerprint density at radius 2 is 1.94 bits per heavy atom. The van der Waals surface area contributed by atoms with Crippen molar-refractivity contribution < 1.29 is 13.9 Å². The molecule has 4 aromatic rings. The molecule has 0 saturated carbocycles. The first kappa shape index (κ1) is 22.1. The minimum atomic E-state index is -1.77. The lowest BCUT2D eigenvalue weighted by atomic mass is 9.86. The van der Waals surface area contributed by atoms with Crippen molar-refractivity contribution in [2.45, 2.75) is 31.7 Å². The Morgan fingerprint density at radius 1 is 1.16 bits per heavy atom. The molecule has 0 aliphatic rings. The van der Waals surface area contributed by atoms with E-state index in [1.807, 2.05) is 24.3 Å². The van der Waals surface area contributed by atoms with Crippen molar-refractivity contribution in [1.82, 2.24) is 24.5 Å². The first-order valence-corrected chi connectivity index (χ1v) is 10.7. The van der Waals surface area contributed by atoms with Gasteiger partial charge in [-0.15, -0.1) is 0 Å². The molecule has 0 spiro atoms. The van der Waals surface area contributed by atoms with E-state index >= 15 is 0 Å². The van der Waals surface area contributed by atoms with E-state index in [1.165, 1.54) is 23.4 Å². The maximum Gasteiger partial charge on any atom is 0.137 e. The molecular weight excluding hydrogens is 482 g/mol. The summed E-state index contributed by atoms with van der Waals surface area (Å²) >= 11 is 3.41. The van der Waals surface area contributed by atoms with Gasteiger partial charge in [0, 0.05) is 40.1 Å². The second-order valence-electron chi connectivity index (χ2n) is 7.51. The Balaban J connectivity index is 1.59. The summed E-state index contributed by atoms with van der Waals surface area (Å²) in [5, 5.41) is 23.4. The van der Waals surface area contributed by atoms with Crippen molar-refractivity contribution in [3.63, 3.8) is 0 Å². The van der Waals surface area contributed by atoms with Crippen LogP contribution in [0.2, 0.25) is 0 Å². The first-order chi connectivity index (χ1) is 15.3. The summed E-state index contributed by atoms with van der Waals surface area (Å²) in [5.41, 5.74) is 0.00735. The van der Waals surface area contributed by atoms with E-state index < -0.39 is 23.3 Å². The number of anilines is 1. The average molecular weight is 503 g/mol. The number of nitrogens with zero attached hydrogens (tertiary/aromatic N) is 5. The van der Waals surface area contributed by atoms with Crippen molar-refractivity contribution in [3.05, 3.63) is 94.7 Å². The summed E-state index contributed by atoms with van der Waals surface area (Å²) < 4.78 is 32.2. The molecule has 0 saturated heterocycles. The molecule has 0 bridgehead atoms. The van der Waals surface area contributed by atoms with Crippen LogP contribution in [-0.4, -0.2) is 29.7 Å². The average Bonchev–Trinajstić information content (AvgIpc) is 3.44. The third-order valence-corrected chi connectivity index (χ3v) is 5.88. The zero-order valence-corrected chi connectivity index (χ0v) is 18.7. The van der Waals surface area contributed by atoms with Gasteiger partial charge in [0.05, 0.1) is 18.8 Å². The number of nitrogens with one attached hydrogen (secondary N) is 1. The molecule has 2 heterocycles. The fourth-order valence-electron chi connectivity index (χ4n) is 3.52. The maximum absolute atomic E-state index is 14.7. The summed E-state index contributed by atoms with van der Waals surface area (Å²) in [6.45, 7) is 2.14. The van der Waals surface area contributed by atoms with Gasteiger partial charge < -0.3 is 10.4 Å². The number of rotatable bonds is 8. The topological polar surface area (TPSA) is 80.8 Å². The molecule has 0 aliphatic carbocycles. The molecule has 2 atom stereocenters. The van der Waals surface area contributed by atoms with Gasteiger partial charge in [0.25, 0.3) is 0 Å². The molecule has 10 heteroatoms. The molecule has 7 nitrogen and oxygen atoms in total. The smallest absolute Gasteiger partial charge is 0.137 e. The van der Waals surface area contributed by atoms with Crippen molar-refractivity contribution in [1.29, 1.82) is 0 Å². The summed E-state index contributed by atoms with van der Waals surface area (Å²) in [6.07, 6.45) is 6.21. The lowest BCUT2D eigenvalue weighted by molar-refractivity contribution is -0.0369. The van der Waals surface area contributed by atoms with Gasteiger partial charge in [-0.3, -0.25) is 4.68 Å². The van der Waals surface area contributed by atoms with Crippen molar-refractivity contribution in [3.8, 4) is 0 Å². The van der Waals surface area contributed by atoms with Gasteiger partial charge in [0.15, 0.2) is 0 Å². The van der Waals surface area contributed by atoms with Crippen LogP contribution < -0.4 is 5.32 Å². The molecule has 0 fully saturated rings. The van der Waals surface area contributed by atoms with Crippen LogP contribution in [0.3, 0.4) is 0 Å². The number of aliphatic hydroxyl groups is 1. The van der Waals surface area contributed by atoms with Crippen LogP contribution in [0.5, 0.6) is 0 Å². The van der Waals surface area contributed by atoms with Crippen LogP contribution in [-0.2, 0) is 18.7 Å². The molecule has 0 radical (unpaired) electrons. The fourth-order valence-corrected chi connectivity index (χ4v) is 3.78. The zero-order chi connectivity index (χ0) is 22.7. The normalized spacial score (nSPS) is 14.2. The molecule has 166 valence electrons. The Labute approximate surface area is 191 Å². The molecule has 0 amide bonds. The Hall–Kier alpha value is -3.11. The van der Waals surface area contributed by atoms with E-state index in [1.54, 1.807) is 24.0 Å². The summed E-state index contributed by atoms with van der Waals surface area (Å²) in [6, 6.07) is 10.2. The van der Waals surface area contributed by atoms with Crippen molar-refractivity contribution in [2.24, 2.45) is 0 Å². The van der Waals surface area contributed by atoms with Gasteiger partial charge in [-0.25, -0.2) is 18.4 Å². The molecule has 0 unspecified atom stereocenters. The van der Waals surface area contributed by atoms with Crippen LogP contribution in [0.1, 0.15) is 24.1 Å². The molecule has 32 heavy (non-hydrogen) atoms. The summed E-state index contributed by atoms with van der Waals surface area (Å²) in [4.78, 5) is 3.88. The van der Waals surface area contributed by atoms with Crippen LogP contribution >= 0.6 is 15.9 Å². The number of benzene rings is 2. The maximum atomic E-state index is 14.7. The molecule has 2 aromatic heterocycles. The number of hydrogen-bond donors (Lipinski definition) is 2. The van der Waals surface area contributed by atoms with Crippen LogP contribution in [0.25, 0.3) is 0 Å². The standard InChI is InChI=1S/C22H21BrF2N6O/c1-15(31-11-16(10-28-31)9-27-19-5-2-17(23)3-6-19)22(32,12-30-14-26-13-29-30)20-7-4-18(24)8-21(20)25/h2-8,10-11,13-15,27,32H,9,12H2,1H3/t15-,22-/m1/s1. The third-order valence-electron chi connectivity index (χ3n) is 5.35. The fraction of sp³-hybridized carbons (Fsp3) is 0.227. The van der Waals surface area contributed by atoms with E-state index in [0.29, 0.717) is 6.54 Å². The predicted octanol–water partition coefficient (Wildman–Crippen LogP) is 4.28. The van der Waals surface area contributed by atoms with E-state index in [9.17, 15) is 13.9 Å². The quantitative estimate of drug-likeness (QED) is 0.376. The van der Waals surface area contributed by atoms with Crippen molar-refractivity contribution in [2.75, 3.05) is 5.32 Å². The lowest BCUT2D eigenvalue weighted by Gasteiger charge is -2.34. The van der Waals surface area contributed by atoms with Crippen LogP contribution in [0, 0.1) is 11.6 Å². The third kappa shape index (κ3) is 4.71. The SMILES string of the molecule is C[C@@H](n1cc(CNc2ccc(Br)cc2)cn1)[C@](O)(Cn1cncn1)c1ccc(F)cc1F. The van der Waals surface area contributed by atoms with Gasteiger partial charge >= 0.3 is 0 Å². The van der Waals surface area contributed by atoms with Gasteiger partial charge in [-0.1, -0.05) is 22.0 Å². The highest BCUT2D eigenvalue weighted by Crippen LogP contribution is 2.36. The van der Waals surface area contributed by atoms with Crippen LogP contribution in [0.15, 0.2) is 72.0 Å².